The average Bonchev–Trinajstić information content (AvgIpc) is 3.43. The molecule has 1 saturated carbocycles. The number of fused-ring (bicyclic) bond motifs is 1. The number of rotatable bonds is 6. The lowest BCUT2D eigenvalue weighted by Gasteiger charge is -2.27. The maximum absolute atomic E-state index is 14.3. The topological polar surface area (TPSA) is 120 Å². The molecule has 180 valence electrons. The summed E-state index contributed by atoms with van der Waals surface area (Å²) in [6, 6.07) is 1.14. The summed E-state index contributed by atoms with van der Waals surface area (Å²) in [4.78, 5) is 24.8. The normalized spacial score (nSPS) is 22.7. The Bertz CT molecular complexity index is 1200. The molecule has 1 aromatic carbocycles. The molecule has 0 unspecified atom stereocenters. The Morgan fingerprint density at radius 3 is 2.47 bits per heavy atom. The van der Waals surface area contributed by atoms with Crippen molar-refractivity contribution in [1.29, 1.82) is 0 Å². The van der Waals surface area contributed by atoms with E-state index in [1.807, 2.05) is 0 Å². The highest BCUT2D eigenvalue weighted by Gasteiger charge is 2.28. The summed E-state index contributed by atoms with van der Waals surface area (Å²) in [6.07, 6.45) is 5.14. The van der Waals surface area contributed by atoms with Gasteiger partial charge in [0.1, 0.15) is 17.0 Å². The van der Waals surface area contributed by atoms with Crippen LogP contribution < -0.4 is 16.4 Å². The van der Waals surface area contributed by atoms with Gasteiger partial charge < -0.3 is 21.1 Å². The van der Waals surface area contributed by atoms with E-state index in [1.165, 1.54) is 6.20 Å². The lowest BCUT2D eigenvalue weighted by Crippen LogP contribution is -2.32. The summed E-state index contributed by atoms with van der Waals surface area (Å²) in [6.45, 7) is 0.917. The van der Waals surface area contributed by atoms with E-state index in [1.54, 1.807) is 4.57 Å². The van der Waals surface area contributed by atoms with Crippen molar-refractivity contribution in [2.24, 2.45) is 11.7 Å². The quantitative estimate of drug-likeness (QED) is 0.500. The zero-order valence-corrected chi connectivity index (χ0v) is 18.2. The van der Waals surface area contributed by atoms with Crippen LogP contribution in [0.4, 0.5) is 30.8 Å². The maximum Gasteiger partial charge on any atom is 0.224 e. The predicted molar refractivity (Wildman–Crippen MR) is 118 cm³/mol. The summed E-state index contributed by atoms with van der Waals surface area (Å²) in [5, 5.41) is 5.97. The first-order valence-corrected chi connectivity index (χ1v) is 11.2. The number of carbonyl (C=O) groups is 1. The van der Waals surface area contributed by atoms with Crippen molar-refractivity contribution in [2.75, 3.05) is 23.8 Å². The van der Waals surface area contributed by atoms with Crippen molar-refractivity contribution in [3.8, 4) is 0 Å². The van der Waals surface area contributed by atoms with Crippen molar-refractivity contribution in [3.63, 3.8) is 0 Å². The number of anilines is 3. The fraction of sp³-hybridized carbons (Fsp3) is 0.455. The zero-order chi connectivity index (χ0) is 23.8. The number of carbonyl (C=O) groups excluding carboxylic acids is 1. The Balaban J connectivity index is 1.46. The summed E-state index contributed by atoms with van der Waals surface area (Å²) in [5.41, 5.74) is 5.81. The molecule has 12 heteroatoms. The Morgan fingerprint density at radius 2 is 1.82 bits per heavy atom. The van der Waals surface area contributed by atoms with Gasteiger partial charge in [0.2, 0.25) is 17.8 Å². The first kappa shape index (κ1) is 22.4. The maximum atomic E-state index is 14.3. The zero-order valence-electron chi connectivity index (χ0n) is 18.2. The fourth-order valence-electron chi connectivity index (χ4n) is 4.60. The summed E-state index contributed by atoms with van der Waals surface area (Å²) in [5.74, 6) is -2.98. The van der Waals surface area contributed by atoms with Gasteiger partial charge in [0.25, 0.3) is 0 Å². The second-order valence-electron chi connectivity index (χ2n) is 8.69. The van der Waals surface area contributed by atoms with Crippen LogP contribution in [0.1, 0.15) is 38.1 Å². The molecule has 2 aliphatic rings. The average molecular weight is 475 g/mol. The van der Waals surface area contributed by atoms with E-state index in [-0.39, 0.29) is 29.9 Å². The minimum absolute atomic E-state index is 0.0965. The van der Waals surface area contributed by atoms with Crippen LogP contribution in [0.5, 0.6) is 0 Å². The monoisotopic (exact) mass is 475 g/mol. The Kier molecular flexibility index (Phi) is 5.98. The van der Waals surface area contributed by atoms with Gasteiger partial charge in [0, 0.05) is 30.7 Å². The van der Waals surface area contributed by atoms with Crippen molar-refractivity contribution < 1.29 is 22.7 Å². The fourth-order valence-corrected chi connectivity index (χ4v) is 4.60. The number of halogens is 3. The Labute approximate surface area is 192 Å². The standard InChI is InChI=1S/C22H24F3N7O2/c23-12-7-15(24)18(16(25)8-12)30-22-29-17-9-27-21(28-13-3-1-11(2-4-13)19(26)33)31-20(17)32(22)14-5-6-34-10-14/h7-9,11,13-14H,1-6,10H2,(H2,26,33)(H,29,30)(H,27,28,31)/t11-,13-,14-/m0/s1. The van der Waals surface area contributed by atoms with Crippen molar-refractivity contribution in [1.82, 2.24) is 19.5 Å². The molecule has 1 saturated heterocycles. The molecule has 3 heterocycles. The molecule has 0 bridgehead atoms. The molecule has 2 aromatic heterocycles. The van der Waals surface area contributed by atoms with E-state index >= 15 is 0 Å². The van der Waals surface area contributed by atoms with Crippen molar-refractivity contribution in [2.45, 2.75) is 44.2 Å². The van der Waals surface area contributed by atoms with Gasteiger partial charge in [-0.2, -0.15) is 4.98 Å². The lowest BCUT2D eigenvalue weighted by molar-refractivity contribution is -0.122. The third kappa shape index (κ3) is 4.37. The third-order valence-corrected chi connectivity index (χ3v) is 6.41. The van der Waals surface area contributed by atoms with E-state index in [4.69, 9.17) is 10.5 Å². The largest absolute Gasteiger partial charge is 0.379 e. The van der Waals surface area contributed by atoms with Gasteiger partial charge in [0.15, 0.2) is 17.3 Å². The molecule has 1 amide bonds. The molecule has 1 atom stereocenters. The highest BCUT2D eigenvalue weighted by Crippen LogP contribution is 2.32. The van der Waals surface area contributed by atoms with Gasteiger partial charge >= 0.3 is 0 Å². The first-order valence-electron chi connectivity index (χ1n) is 11.2. The van der Waals surface area contributed by atoms with Crippen LogP contribution in [-0.2, 0) is 9.53 Å². The second kappa shape index (κ2) is 9.09. The van der Waals surface area contributed by atoms with Gasteiger partial charge in [-0.05, 0) is 32.1 Å². The minimum atomic E-state index is -1.07. The van der Waals surface area contributed by atoms with E-state index in [9.17, 15) is 18.0 Å². The number of ether oxygens (including phenoxy) is 1. The summed E-state index contributed by atoms with van der Waals surface area (Å²) >= 11 is 0. The van der Waals surface area contributed by atoms with Crippen molar-refractivity contribution in [3.05, 3.63) is 35.8 Å². The molecule has 0 radical (unpaired) electrons. The highest BCUT2D eigenvalue weighted by molar-refractivity contribution is 5.77. The van der Waals surface area contributed by atoms with Crippen LogP contribution in [0.2, 0.25) is 0 Å². The summed E-state index contributed by atoms with van der Waals surface area (Å²) in [7, 11) is 0. The number of nitrogens with one attached hydrogen (secondary N) is 2. The predicted octanol–water partition coefficient (Wildman–Crippen LogP) is 3.40. The van der Waals surface area contributed by atoms with Crippen LogP contribution in [0.25, 0.3) is 11.2 Å². The number of nitrogens with zero attached hydrogens (tertiary/aromatic N) is 4. The molecule has 4 N–H and O–H groups in total. The van der Waals surface area contributed by atoms with Crippen molar-refractivity contribution >= 4 is 34.7 Å². The summed E-state index contributed by atoms with van der Waals surface area (Å²) < 4.78 is 49.2. The van der Waals surface area contributed by atoms with Gasteiger partial charge in [-0.15, -0.1) is 0 Å². The number of imidazole rings is 1. The molecule has 0 spiro atoms. The first-order chi connectivity index (χ1) is 16.4. The number of primary amides is 1. The molecule has 5 rings (SSSR count). The lowest BCUT2D eigenvalue weighted by atomic mass is 9.86. The minimum Gasteiger partial charge on any atom is -0.379 e. The van der Waals surface area contributed by atoms with Crippen LogP contribution in [-0.4, -0.2) is 44.7 Å². The molecule has 34 heavy (non-hydrogen) atoms. The molecule has 1 aliphatic heterocycles. The van der Waals surface area contributed by atoms with Gasteiger partial charge in [-0.3, -0.25) is 9.36 Å². The van der Waals surface area contributed by atoms with Gasteiger partial charge in [0.05, 0.1) is 18.8 Å². The molecule has 9 nitrogen and oxygen atoms in total. The van der Waals surface area contributed by atoms with E-state index in [2.05, 4.69) is 25.6 Å². The number of aromatic nitrogens is 4. The van der Waals surface area contributed by atoms with Gasteiger partial charge in [-0.1, -0.05) is 0 Å². The van der Waals surface area contributed by atoms with Gasteiger partial charge in [-0.25, -0.2) is 23.1 Å². The number of benzene rings is 1. The van der Waals surface area contributed by atoms with Crippen LogP contribution in [0.15, 0.2) is 18.3 Å². The molecular weight excluding hydrogens is 451 g/mol. The highest BCUT2D eigenvalue weighted by atomic mass is 19.1. The number of amides is 1. The number of hydrogen-bond acceptors (Lipinski definition) is 7. The molecule has 3 aromatic rings. The third-order valence-electron chi connectivity index (χ3n) is 6.41. The van der Waals surface area contributed by atoms with E-state index < -0.39 is 23.1 Å². The van der Waals surface area contributed by atoms with E-state index in [0.29, 0.717) is 61.7 Å². The SMILES string of the molecule is NC(=O)[C@H]1CC[C@H](Nc2ncc3nc(Nc4c(F)cc(F)cc4F)n([C@H]4CCOC4)c3n2)CC1. The number of hydrogen-bond donors (Lipinski definition) is 3. The van der Waals surface area contributed by atoms with E-state index in [0.717, 1.165) is 12.8 Å². The molecular formula is C22H24F3N7O2. The Morgan fingerprint density at radius 1 is 1.09 bits per heavy atom. The second-order valence-corrected chi connectivity index (χ2v) is 8.69. The van der Waals surface area contributed by atoms with Crippen LogP contribution in [0.3, 0.4) is 0 Å². The molecule has 2 fully saturated rings. The molecule has 1 aliphatic carbocycles. The van der Waals surface area contributed by atoms with Crippen LogP contribution >= 0.6 is 0 Å². The smallest absolute Gasteiger partial charge is 0.224 e. The number of nitrogens with two attached hydrogens (primary N) is 1. The van der Waals surface area contributed by atoms with Crippen LogP contribution in [0, 0.1) is 23.4 Å². The Hall–Kier alpha value is -3.41.